The molecule has 4 heteroatoms. The third kappa shape index (κ3) is 7.48. The van der Waals surface area contributed by atoms with Crippen LogP contribution in [0.5, 0.6) is 0 Å². The highest BCUT2D eigenvalue weighted by molar-refractivity contribution is 6.17. The van der Waals surface area contributed by atoms with Gasteiger partial charge in [-0.15, -0.1) is 11.6 Å². The van der Waals surface area contributed by atoms with Crippen LogP contribution in [0.15, 0.2) is 0 Å². The van der Waals surface area contributed by atoms with E-state index >= 15 is 0 Å². The van der Waals surface area contributed by atoms with Crippen molar-refractivity contribution in [3.8, 4) is 0 Å². The molecule has 0 aromatic heterocycles. The molecule has 0 rings (SSSR count). The Morgan fingerprint density at radius 2 is 1.73 bits per heavy atom. The van der Waals surface area contributed by atoms with Crippen LogP contribution in [0.4, 0.5) is 4.79 Å². The summed E-state index contributed by atoms with van der Waals surface area (Å²) in [6.45, 7) is 5.84. The lowest BCUT2D eigenvalue weighted by atomic mass is 10.2. The summed E-state index contributed by atoms with van der Waals surface area (Å²) in [6, 6.07) is 0. The smallest absolute Gasteiger partial charge is 0.409 e. The number of ether oxygens (including phenoxy) is 1. The van der Waals surface area contributed by atoms with E-state index in [2.05, 4.69) is 0 Å². The summed E-state index contributed by atoms with van der Waals surface area (Å²) >= 11 is 5.55. The molecule has 0 N–H and O–H groups in total. The zero-order valence-electron chi connectivity index (χ0n) is 9.80. The minimum Gasteiger partial charge on any atom is -0.449 e. The van der Waals surface area contributed by atoms with Crippen molar-refractivity contribution in [1.82, 2.24) is 4.90 Å². The number of nitrogens with zero attached hydrogens (tertiary/aromatic N) is 1. The molecule has 0 atom stereocenters. The monoisotopic (exact) mass is 235 g/mol. The van der Waals surface area contributed by atoms with Crippen LogP contribution in [0.25, 0.3) is 0 Å². The van der Waals surface area contributed by atoms with Crippen LogP contribution in [0.1, 0.15) is 39.5 Å². The Kier molecular flexibility index (Phi) is 9.79. The number of hydrogen-bond acceptors (Lipinski definition) is 2. The summed E-state index contributed by atoms with van der Waals surface area (Å²) < 4.78 is 5.12. The summed E-state index contributed by atoms with van der Waals surface area (Å²) in [7, 11) is 0. The third-order valence-corrected chi connectivity index (χ3v) is 2.54. The maximum Gasteiger partial charge on any atom is 0.409 e. The first kappa shape index (κ1) is 14.6. The Hall–Kier alpha value is -0.440. The van der Waals surface area contributed by atoms with Crippen LogP contribution in [-0.4, -0.2) is 36.6 Å². The molecule has 0 radical (unpaired) electrons. The van der Waals surface area contributed by atoms with Crippen LogP contribution < -0.4 is 0 Å². The normalized spacial score (nSPS) is 10.1. The predicted molar refractivity (Wildman–Crippen MR) is 63.5 cm³/mol. The van der Waals surface area contributed by atoms with Crippen LogP contribution in [-0.2, 0) is 4.74 Å². The number of carbonyl (C=O) groups is 1. The van der Waals surface area contributed by atoms with Crippen molar-refractivity contribution in [2.75, 3.05) is 25.6 Å². The Morgan fingerprint density at radius 1 is 1.13 bits per heavy atom. The molecule has 0 saturated carbocycles. The molecular formula is C11H22ClNO2. The second kappa shape index (κ2) is 10.1. The number of unbranched alkanes of at least 4 members (excludes halogenated alkanes) is 3. The van der Waals surface area contributed by atoms with Gasteiger partial charge in [-0.3, -0.25) is 0 Å². The van der Waals surface area contributed by atoms with E-state index < -0.39 is 0 Å². The first-order valence-corrected chi connectivity index (χ1v) is 6.27. The van der Waals surface area contributed by atoms with Gasteiger partial charge in [-0.05, 0) is 26.7 Å². The maximum absolute atomic E-state index is 11.4. The fourth-order valence-corrected chi connectivity index (χ4v) is 1.47. The van der Waals surface area contributed by atoms with E-state index in [0.717, 1.165) is 31.6 Å². The van der Waals surface area contributed by atoms with Crippen molar-refractivity contribution in [2.45, 2.75) is 39.5 Å². The third-order valence-electron chi connectivity index (χ3n) is 2.28. The van der Waals surface area contributed by atoms with Gasteiger partial charge in [0.1, 0.15) is 0 Å². The number of halogens is 1. The molecule has 90 valence electrons. The number of carbonyl (C=O) groups excluding carboxylic acids is 1. The summed E-state index contributed by atoms with van der Waals surface area (Å²) in [5.41, 5.74) is 0. The molecule has 0 aliphatic heterocycles. The number of hydrogen-bond donors (Lipinski definition) is 0. The SMILES string of the molecule is CCN(CC)C(=O)OCCCCCCCl. The van der Waals surface area contributed by atoms with Gasteiger partial charge in [0.15, 0.2) is 0 Å². The average Bonchev–Trinajstić information content (AvgIpc) is 2.25. The molecule has 0 aliphatic carbocycles. The second-order valence-corrected chi connectivity index (χ2v) is 3.77. The molecule has 15 heavy (non-hydrogen) atoms. The largest absolute Gasteiger partial charge is 0.449 e. The quantitative estimate of drug-likeness (QED) is 0.477. The average molecular weight is 236 g/mol. The van der Waals surface area contributed by atoms with Gasteiger partial charge < -0.3 is 9.64 Å². The van der Waals surface area contributed by atoms with Gasteiger partial charge in [-0.2, -0.15) is 0 Å². The van der Waals surface area contributed by atoms with Crippen molar-refractivity contribution in [2.24, 2.45) is 0 Å². The van der Waals surface area contributed by atoms with E-state index in [-0.39, 0.29) is 6.09 Å². The molecule has 3 nitrogen and oxygen atoms in total. The van der Waals surface area contributed by atoms with Crippen molar-refractivity contribution in [3.63, 3.8) is 0 Å². The van der Waals surface area contributed by atoms with E-state index in [1.165, 1.54) is 0 Å². The number of rotatable bonds is 8. The molecule has 0 spiro atoms. The number of alkyl halides is 1. The van der Waals surface area contributed by atoms with E-state index in [1.54, 1.807) is 4.90 Å². The zero-order chi connectivity index (χ0) is 11.5. The van der Waals surface area contributed by atoms with Crippen LogP contribution >= 0.6 is 11.6 Å². The molecule has 0 aromatic rings. The first-order valence-electron chi connectivity index (χ1n) is 5.73. The highest BCUT2D eigenvalue weighted by Crippen LogP contribution is 2.02. The van der Waals surface area contributed by atoms with Gasteiger partial charge >= 0.3 is 6.09 Å². The van der Waals surface area contributed by atoms with Crippen molar-refractivity contribution in [3.05, 3.63) is 0 Å². The molecule has 0 aromatic carbocycles. The van der Waals surface area contributed by atoms with Crippen molar-refractivity contribution >= 4 is 17.7 Å². The molecular weight excluding hydrogens is 214 g/mol. The number of amides is 1. The summed E-state index contributed by atoms with van der Waals surface area (Å²) in [5, 5.41) is 0. The summed E-state index contributed by atoms with van der Waals surface area (Å²) in [4.78, 5) is 13.1. The van der Waals surface area contributed by atoms with Gasteiger partial charge in [0, 0.05) is 19.0 Å². The molecule has 0 unspecified atom stereocenters. The standard InChI is InChI=1S/C11H22ClNO2/c1-3-13(4-2)11(14)15-10-8-6-5-7-9-12/h3-10H2,1-2H3. The van der Waals surface area contributed by atoms with Crippen LogP contribution in [0.2, 0.25) is 0 Å². The van der Waals surface area contributed by atoms with Gasteiger partial charge in [0.2, 0.25) is 0 Å². The van der Waals surface area contributed by atoms with E-state index in [0.29, 0.717) is 19.7 Å². The van der Waals surface area contributed by atoms with E-state index in [9.17, 15) is 4.79 Å². The van der Waals surface area contributed by atoms with Crippen molar-refractivity contribution < 1.29 is 9.53 Å². The maximum atomic E-state index is 11.4. The van der Waals surface area contributed by atoms with Gasteiger partial charge in [-0.1, -0.05) is 12.8 Å². The molecule has 1 amide bonds. The Balaban J connectivity index is 3.38. The fourth-order valence-electron chi connectivity index (χ4n) is 1.28. The van der Waals surface area contributed by atoms with Crippen LogP contribution in [0, 0.1) is 0 Å². The lowest BCUT2D eigenvalue weighted by molar-refractivity contribution is 0.104. The summed E-state index contributed by atoms with van der Waals surface area (Å²) in [6.07, 6.45) is 3.98. The van der Waals surface area contributed by atoms with E-state index in [1.807, 2.05) is 13.8 Å². The fraction of sp³-hybridized carbons (Fsp3) is 0.909. The molecule has 0 aliphatic rings. The molecule has 0 bridgehead atoms. The Bertz CT molecular complexity index is 161. The predicted octanol–water partition coefficient (Wildman–Crippen LogP) is 3.26. The first-order chi connectivity index (χ1) is 7.26. The van der Waals surface area contributed by atoms with Gasteiger partial charge in [0.25, 0.3) is 0 Å². The van der Waals surface area contributed by atoms with Crippen LogP contribution in [0.3, 0.4) is 0 Å². The Morgan fingerprint density at radius 3 is 2.27 bits per heavy atom. The highest BCUT2D eigenvalue weighted by atomic mass is 35.5. The lowest BCUT2D eigenvalue weighted by Crippen LogP contribution is -2.31. The van der Waals surface area contributed by atoms with Gasteiger partial charge in [0.05, 0.1) is 6.61 Å². The van der Waals surface area contributed by atoms with E-state index in [4.69, 9.17) is 16.3 Å². The molecule has 0 fully saturated rings. The lowest BCUT2D eigenvalue weighted by Gasteiger charge is -2.17. The minimum absolute atomic E-state index is 0.197. The minimum atomic E-state index is -0.197. The van der Waals surface area contributed by atoms with Crippen molar-refractivity contribution in [1.29, 1.82) is 0 Å². The zero-order valence-corrected chi connectivity index (χ0v) is 10.6. The molecule has 0 heterocycles. The second-order valence-electron chi connectivity index (χ2n) is 3.39. The highest BCUT2D eigenvalue weighted by Gasteiger charge is 2.09. The molecule has 0 saturated heterocycles. The Labute approximate surface area is 97.7 Å². The van der Waals surface area contributed by atoms with Gasteiger partial charge in [-0.25, -0.2) is 4.79 Å². The topological polar surface area (TPSA) is 29.5 Å². The summed E-state index contributed by atoms with van der Waals surface area (Å²) in [5.74, 6) is 0.721.